The van der Waals surface area contributed by atoms with Crippen LogP contribution in [-0.4, -0.2) is 55.5 Å². The molecule has 8 heteroatoms. The van der Waals surface area contributed by atoms with E-state index in [1.54, 1.807) is 18.4 Å². The van der Waals surface area contributed by atoms with E-state index in [1.807, 2.05) is 20.8 Å². The number of rotatable bonds is 6. The molecule has 0 saturated carbocycles. The molecular formula is C20H36IN5OS. The Labute approximate surface area is 191 Å². The zero-order chi connectivity index (χ0) is 19.9. The van der Waals surface area contributed by atoms with Gasteiger partial charge in [-0.3, -0.25) is 14.7 Å². The van der Waals surface area contributed by atoms with Crippen LogP contribution in [0.5, 0.6) is 0 Å². The molecule has 2 heterocycles. The van der Waals surface area contributed by atoms with Crippen molar-refractivity contribution in [3.8, 4) is 0 Å². The smallest absolute Gasteiger partial charge is 0.239 e. The van der Waals surface area contributed by atoms with Crippen LogP contribution < -0.4 is 16.0 Å². The number of hydrogen-bond acceptors (Lipinski definition) is 4. The highest BCUT2D eigenvalue weighted by atomic mass is 127. The summed E-state index contributed by atoms with van der Waals surface area (Å²) >= 11 is 1.80. The summed E-state index contributed by atoms with van der Waals surface area (Å²) < 4.78 is 0. The maximum Gasteiger partial charge on any atom is 0.239 e. The fourth-order valence-corrected chi connectivity index (χ4v) is 4.13. The lowest BCUT2D eigenvalue weighted by molar-refractivity contribution is -0.121. The van der Waals surface area contributed by atoms with Crippen molar-refractivity contribution in [3.05, 3.63) is 22.4 Å². The number of amides is 1. The highest BCUT2D eigenvalue weighted by Gasteiger charge is 2.25. The Morgan fingerprint density at radius 3 is 2.54 bits per heavy atom. The van der Waals surface area contributed by atoms with Crippen LogP contribution >= 0.6 is 35.3 Å². The van der Waals surface area contributed by atoms with Crippen LogP contribution in [-0.2, 0) is 4.79 Å². The minimum atomic E-state index is -0.231. The van der Waals surface area contributed by atoms with Gasteiger partial charge >= 0.3 is 0 Å². The molecule has 1 aliphatic rings. The number of nitrogens with one attached hydrogen (secondary N) is 3. The van der Waals surface area contributed by atoms with Crippen LogP contribution in [0.1, 0.15) is 51.5 Å². The Bertz CT molecular complexity index is 607. The molecule has 1 saturated heterocycles. The van der Waals surface area contributed by atoms with Crippen LogP contribution in [0, 0.1) is 5.92 Å². The van der Waals surface area contributed by atoms with Crippen molar-refractivity contribution in [2.24, 2.45) is 10.9 Å². The predicted molar refractivity (Wildman–Crippen MR) is 130 cm³/mol. The molecule has 160 valence electrons. The number of piperidine rings is 1. The molecule has 3 N–H and O–H groups in total. The predicted octanol–water partition coefficient (Wildman–Crippen LogP) is 3.22. The Morgan fingerprint density at radius 2 is 2.00 bits per heavy atom. The highest BCUT2D eigenvalue weighted by molar-refractivity contribution is 14.0. The van der Waals surface area contributed by atoms with Gasteiger partial charge in [-0.1, -0.05) is 13.0 Å². The van der Waals surface area contributed by atoms with Crippen molar-refractivity contribution in [2.45, 2.75) is 52.1 Å². The Morgan fingerprint density at radius 1 is 1.32 bits per heavy atom. The summed E-state index contributed by atoms with van der Waals surface area (Å²) in [6.45, 7) is 11.5. The summed E-state index contributed by atoms with van der Waals surface area (Å²) in [7, 11) is 1.74. The third kappa shape index (κ3) is 8.65. The van der Waals surface area contributed by atoms with Crippen LogP contribution in [0.4, 0.5) is 0 Å². The Kier molecular flexibility index (Phi) is 10.8. The van der Waals surface area contributed by atoms with Gasteiger partial charge in [-0.05, 0) is 64.1 Å². The van der Waals surface area contributed by atoms with Crippen molar-refractivity contribution in [1.29, 1.82) is 0 Å². The molecule has 0 radical (unpaired) electrons. The molecule has 6 nitrogen and oxygen atoms in total. The minimum absolute atomic E-state index is 0. The number of guanidine groups is 1. The molecule has 1 aromatic rings. The molecule has 2 rings (SSSR count). The van der Waals surface area contributed by atoms with Gasteiger partial charge in [0.25, 0.3) is 0 Å². The van der Waals surface area contributed by atoms with Gasteiger partial charge in [-0.15, -0.1) is 35.3 Å². The van der Waals surface area contributed by atoms with E-state index in [-0.39, 0.29) is 42.0 Å². The van der Waals surface area contributed by atoms with Crippen LogP contribution in [0.25, 0.3) is 0 Å². The van der Waals surface area contributed by atoms with E-state index in [0.29, 0.717) is 12.0 Å². The minimum Gasteiger partial charge on any atom is -0.354 e. The summed E-state index contributed by atoms with van der Waals surface area (Å²) in [6.07, 6.45) is 2.50. The Hall–Kier alpha value is -0.870. The molecule has 0 bridgehead atoms. The fraction of sp³-hybridized carbons (Fsp3) is 0.700. The van der Waals surface area contributed by atoms with Gasteiger partial charge in [-0.2, -0.15) is 0 Å². The fourth-order valence-electron chi connectivity index (χ4n) is 3.27. The molecule has 28 heavy (non-hydrogen) atoms. The molecule has 0 spiro atoms. The molecule has 0 aromatic carbocycles. The van der Waals surface area contributed by atoms with Crippen molar-refractivity contribution >= 4 is 47.2 Å². The lowest BCUT2D eigenvalue weighted by Gasteiger charge is -2.36. The topological polar surface area (TPSA) is 68.8 Å². The molecule has 1 atom stereocenters. The van der Waals surface area contributed by atoms with E-state index >= 15 is 0 Å². The normalized spacial score (nSPS) is 17.5. The first-order valence-corrected chi connectivity index (χ1v) is 10.7. The van der Waals surface area contributed by atoms with Gasteiger partial charge in [0.15, 0.2) is 5.96 Å². The van der Waals surface area contributed by atoms with Gasteiger partial charge < -0.3 is 16.0 Å². The van der Waals surface area contributed by atoms with Gasteiger partial charge in [0, 0.05) is 24.0 Å². The van der Waals surface area contributed by atoms with Crippen LogP contribution in [0.2, 0.25) is 0 Å². The molecular weight excluding hydrogens is 485 g/mol. The number of hydrogen-bond donors (Lipinski definition) is 3. The standard InChI is InChI=1S/C20H35N5OS.HI/c1-15-8-10-25(11-9-15)16(17-7-6-12-27-17)13-22-19(21-5)23-14-18(26)24-20(2,3)4;/h6-7,12,15-16H,8-11,13-14H2,1-5H3,(H,24,26)(H2,21,22,23);1H. The summed E-state index contributed by atoms with van der Waals surface area (Å²) in [6, 6.07) is 4.66. The number of carbonyl (C=O) groups is 1. The second kappa shape index (κ2) is 12.0. The van der Waals surface area contributed by atoms with Crippen molar-refractivity contribution in [2.75, 3.05) is 33.2 Å². The van der Waals surface area contributed by atoms with Gasteiger partial charge in [0.05, 0.1) is 12.6 Å². The van der Waals surface area contributed by atoms with Crippen molar-refractivity contribution in [3.63, 3.8) is 0 Å². The lowest BCUT2D eigenvalue weighted by Crippen LogP contribution is -2.49. The molecule has 1 unspecified atom stereocenters. The largest absolute Gasteiger partial charge is 0.354 e. The molecule has 0 aliphatic carbocycles. The molecule has 1 amide bonds. The first-order valence-electron chi connectivity index (χ1n) is 9.81. The zero-order valence-electron chi connectivity index (χ0n) is 17.7. The second-order valence-corrected chi connectivity index (χ2v) is 9.33. The van der Waals surface area contributed by atoms with Gasteiger partial charge in [0.2, 0.25) is 5.91 Å². The van der Waals surface area contributed by atoms with Crippen LogP contribution in [0.15, 0.2) is 22.5 Å². The summed E-state index contributed by atoms with van der Waals surface area (Å²) in [4.78, 5) is 20.2. The number of carbonyl (C=O) groups excluding carboxylic acids is 1. The maximum atomic E-state index is 12.0. The van der Waals surface area contributed by atoms with Crippen molar-refractivity contribution < 1.29 is 4.79 Å². The quantitative estimate of drug-likeness (QED) is 0.306. The van der Waals surface area contributed by atoms with E-state index < -0.39 is 0 Å². The average Bonchev–Trinajstić information content (AvgIpc) is 3.12. The molecule has 1 aromatic heterocycles. The zero-order valence-corrected chi connectivity index (χ0v) is 20.9. The third-order valence-corrected chi connectivity index (χ3v) is 5.72. The number of likely N-dealkylation sites (tertiary alicyclic amines) is 1. The van der Waals surface area contributed by atoms with E-state index in [2.05, 4.69) is 50.3 Å². The maximum absolute atomic E-state index is 12.0. The van der Waals surface area contributed by atoms with E-state index in [0.717, 1.165) is 25.6 Å². The summed E-state index contributed by atoms with van der Waals surface area (Å²) in [5, 5.41) is 11.6. The number of thiophene rings is 1. The van der Waals surface area contributed by atoms with Crippen molar-refractivity contribution in [1.82, 2.24) is 20.9 Å². The number of aliphatic imine (C=N–C) groups is 1. The SMILES string of the molecule is CN=C(NCC(=O)NC(C)(C)C)NCC(c1cccs1)N1CCC(C)CC1.I. The molecule has 1 aliphatic heterocycles. The first-order chi connectivity index (χ1) is 12.8. The highest BCUT2D eigenvalue weighted by Crippen LogP contribution is 2.28. The summed E-state index contributed by atoms with van der Waals surface area (Å²) in [5.41, 5.74) is -0.231. The van der Waals surface area contributed by atoms with Crippen LogP contribution in [0.3, 0.4) is 0 Å². The van der Waals surface area contributed by atoms with Gasteiger partial charge in [-0.25, -0.2) is 0 Å². The average molecular weight is 522 g/mol. The third-order valence-electron chi connectivity index (χ3n) is 4.75. The lowest BCUT2D eigenvalue weighted by atomic mass is 9.97. The second-order valence-electron chi connectivity index (χ2n) is 8.35. The van der Waals surface area contributed by atoms with E-state index in [9.17, 15) is 4.79 Å². The first kappa shape index (κ1) is 25.2. The summed E-state index contributed by atoms with van der Waals surface area (Å²) in [5.74, 6) is 1.44. The monoisotopic (exact) mass is 521 g/mol. The number of halogens is 1. The van der Waals surface area contributed by atoms with E-state index in [1.165, 1.54) is 17.7 Å². The van der Waals surface area contributed by atoms with Gasteiger partial charge in [0.1, 0.15) is 0 Å². The Balaban J connectivity index is 0.00000392. The molecule has 1 fully saturated rings. The van der Waals surface area contributed by atoms with E-state index in [4.69, 9.17) is 0 Å². The number of nitrogens with zero attached hydrogens (tertiary/aromatic N) is 2.